The van der Waals surface area contributed by atoms with Gasteiger partial charge in [0, 0.05) is 22.9 Å². The molecule has 0 unspecified atom stereocenters. The molecule has 0 amide bonds. The molecular formula is C20H18ClF3N2O4S3. The average molecular weight is 539 g/mol. The van der Waals surface area contributed by atoms with Crippen LogP contribution in [0.1, 0.15) is 10.4 Å². The van der Waals surface area contributed by atoms with Crippen molar-refractivity contribution in [2.45, 2.75) is 23.7 Å². The molecule has 0 aliphatic heterocycles. The van der Waals surface area contributed by atoms with E-state index >= 15 is 0 Å². The van der Waals surface area contributed by atoms with Crippen molar-refractivity contribution in [2.75, 3.05) is 15.6 Å². The van der Waals surface area contributed by atoms with Crippen LogP contribution in [0.25, 0.3) is 0 Å². The number of benzene rings is 2. The lowest BCUT2D eigenvalue weighted by Gasteiger charge is -2.25. The predicted molar refractivity (Wildman–Crippen MR) is 124 cm³/mol. The van der Waals surface area contributed by atoms with Crippen LogP contribution in [0.4, 0.5) is 24.5 Å². The Bertz CT molecular complexity index is 1340. The van der Waals surface area contributed by atoms with Gasteiger partial charge in [-0.25, -0.2) is 8.42 Å². The van der Waals surface area contributed by atoms with E-state index in [1.807, 2.05) is 0 Å². The fourth-order valence-corrected chi connectivity index (χ4v) is 6.48. The number of halogens is 4. The molecule has 3 rings (SSSR count). The molecule has 1 N–H and O–H groups in total. The summed E-state index contributed by atoms with van der Waals surface area (Å²) in [6, 6.07) is 12.8. The van der Waals surface area contributed by atoms with Gasteiger partial charge >= 0.3 is 15.5 Å². The van der Waals surface area contributed by atoms with Crippen LogP contribution in [0, 0.1) is 6.92 Å². The number of alkyl halides is 3. The highest BCUT2D eigenvalue weighted by Gasteiger charge is 2.50. The van der Waals surface area contributed by atoms with Gasteiger partial charge in [-0.2, -0.15) is 21.6 Å². The number of hydrogen-bond donors (Lipinski definition) is 1. The normalized spacial score (nSPS) is 12.5. The van der Waals surface area contributed by atoms with Crippen LogP contribution in [-0.4, -0.2) is 28.9 Å². The molecule has 1 heterocycles. The summed E-state index contributed by atoms with van der Waals surface area (Å²) in [5.41, 5.74) is -5.15. The Kier molecular flexibility index (Phi) is 7.32. The fraction of sp³-hybridized carbons (Fsp3) is 0.200. The molecule has 13 heteroatoms. The van der Waals surface area contributed by atoms with Crippen molar-refractivity contribution >= 4 is 54.4 Å². The first-order valence-corrected chi connectivity index (χ1v) is 13.5. The van der Waals surface area contributed by atoms with E-state index in [4.69, 9.17) is 11.6 Å². The lowest BCUT2D eigenvalue weighted by molar-refractivity contribution is -0.0438. The number of hydrogen-bond acceptors (Lipinski definition) is 5. The summed E-state index contributed by atoms with van der Waals surface area (Å²) in [5, 5.41) is 1.82. The molecule has 0 fully saturated rings. The lowest BCUT2D eigenvalue weighted by atomic mass is 10.2. The van der Waals surface area contributed by atoms with E-state index < -0.39 is 32.1 Å². The SMILES string of the molecule is Cc1c(Cl)cccc1S(=O)(=O)Nc1ccsc1CCN(c1ccccc1)S(=O)(=O)C(F)(F)F. The van der Waals surface area contributed by atoms with E-state index in [1.165, 1.54) is 42.5 Å². The van der Waals surface area contributed by atoms with Gasteiger partial charge in [-0.3, -0.25) is 9.03 Å². The Hall–Kier alpha value is -2.28. The first-order chi connectivity index (χ1) is 15.3. The molecule has 0 radical (unpaired) electrons. The van der Waals surface area contributed by atoms with Crippen LogP contribution >= 0.6 is 22.9 Å². The van der Waals surface area contributed by atoms with Gasteiger partial charge in [-0.05, 0) is 48.2 Å². The molecule has 1 aromatic heterocycles. The minimum absolute atomic E-state index is 0.0438. The lowest BCUT2D eigenvalue weighted by Crippen LogP contribution is -2.42. The fourth-order valence-electron chi connectivity index (χ4n) is 3.01. The second-order valence-corrected chi connectivity index (χ2v) is 11.7. The van der Waals surface area contributed by atoms with Crippen molar-refractivity contribution in [3.63, 3.8) is 0 Å². The third-order valence-electron chi connectivity index (χ3n) is 4.67. The maximum atomic E-state index is 13.3. The van der Waals surface area contributed by atoms with Crippen molar-refractivity contribution < 1.29 is 30.0 Å². The third kappa shape index (κ3) is 5.45. The summed E-state index contributed by atoms with van der Waals surface area (Å²) in [4.78, 5) is 0.328. The monoisotopic (exact) mass is 538 g/mol. The first kappa shape index (κ1) is 25.3. The number of sulfonamides is 2. The van der Waals surface area contributed by atoms with Crippen molar-refractivity contribution in [2.24, 2.45) is 0 Å². The molecule has 0 spiro atoms. The zero-order chi connectivity index (χ0) is 24.4. The highest BCUT2D eigenvalue weighted by molar-refractivity contribution is 7.93. The van der Waals surface area contributed by atoms with Crippen LogP contribution in [-0.2, 0) is 26.5 Å². The summed E-state index contributed by atoms with van der Waals surface area (Å²) in [6.45, 7) is 1.00. The average Bonchev–Trinajstić information content (AvgIpc) is 3.16. The zero-order valence-electron chi connectivity index (χ0n) is 17.0. The van der Waals surface area contributed by atoms with Crippen molar-refractivity contribution in [1.29, 1.82) is 0 Å². The van der Waals surface area contributed by atoms with Crippen molar-refractivity contribution in [3.8, 4) is 0 Å². The van der Waals surface area contributed by atoms with Gasteiger partial charge in [0.2, 0.25) is 0 Å². The Morgan fingerprint density at radius 2 is 1.67 bits per heavy atom. The molecule has 0 atom stereocenters. The molecular weight excluding hydrogens is 521 g/mol. The summed E-state index contributed by atoms with van der Waals surface area (Å²) in [7, 11) is -9.70. The van der Waals surface area contributed by atoms with E-state index in [9.17, 15) is 30.0 Å². The highest BCUT2D eigenvalue weighted by Crippen LogP contribution is 2.33. The van der Waals surface area contributed by atoms with E-state index in [0.717, 1.165) is 11.3 Å². The van der Waals surface area contributed by atoms with Gasteiger partial charge in [-0.1, -0.05) is 35.9 Å². The van der Waals surface area contributed by atoms with Gasteiger partial charge in [0.25, 0.3) is 10.0 Å². The van der Waals surface area contributed by atoms with Crippen molar-refractivity contribution in [1.82, 2.24) is 0 Å². The second-order valence-electron chi connectivity index (χ2n) is 6.83. The zero-order valence-corrected chi connectivity index (χ0v) is 20.2. The van der Waals surface area contributed by atoms with Crippen LogP contribution in [0.5, 0.6) is 0 Å². The summed E-state index contributed by atoms with van der Waals surface area (Å²) >= 11 is 7.10. The summed E-state index contributed by atoms with van der Waals surface area (Å²) in [6.07, 6.45) is -0.158. The molecule has 178 valence electrons. The number of rotatable bonds is 8. The quantitative estimate of drug-likeness (QED) is 0.416. The molecule has 0 saturated carbocycles. The maximum Gasteiger partial charge on any atom is 0.516 e. The van der Waals surface area contributed by atoms with Crippen molar-refractivity contribution in [3.05, 3.63) is 75.4 Å². The summed E-state index contributed by atoms with van der Waals surface area (Å²) in [5.74, 6) is 0. The third-order valence-corrected chi connectivity index (χ3v) is 9.12. The van der Waals surface area contributed by atoms with Crippen LogP contribution in [0.15, 0.2) is 64.9 Å². The predicted octanol–water partition coefficient (Wildman–Crippen LogP) is 5.41. The number of para-hydroxylation sites is 1. The number of thiophene rings is 1. The van der Waals surface area contributed by atoms with Crippen LogP contribution in [0.2, 0.25) is 5.02 Å². The molecule has 6 nitrogen and oxygen atoms in total. The van der Waals surface area contributed by atoms with Crippen LogP contribution in [0.3, 0.4) is 0 Å². The minimum atomic E-state index is -5.66. The van der Waals surface area contributed by atoms with Gasteiger partial charge in [0.05, 0.1) is 16.3 Å². The molecule has 3 aromatic rings. The molecule has 33 heavy (non-hydrogen) atoms. The summed E-state index contributed by atoms with van der Waals surface area (Å²) < 4.78 is 92.5. The number of anilines is 2. The molecule has 0 saturated heterocycles. The first-order valence-electron chi connectivity index (χ1n) is 9.33. The van der Waals surface area contributed by atoms with E-state index in [1.54, 1.807) is 24.4 Å². The van der Waals surface area contributed by atoms with Gasteiger partial charge in [-0.15, -0.1) is 11.3 Å². The number of nitrogens with zero attached hydrogens (tertiary/aromatic N) is 1. The molecule has 2 aromatic carbocycles. The molecule has 0 bridgehead atoms. The Balaban J connectivity index is 1.88. The van der Waals surface area contributed by atoms with E-state index in [2.05, 4.69) is 4.72 Å². The maximum absolute atomic E-state index is 13.3. The highest BCUT2D eigenvalue weighted by atomic mass is 35.5. The van der Waals surface area contributed by atoms with Gasteiger partial charge in [0.15, 0.2) is 0 Å². The Morgan fingerprint density at radius 1 is 1.00 bits per heavy atom. The second kappa shape index (κ2) is 9.53. The Morgan fingerprint density at radius 3 is 2.30 bits per heavy atom. The van der Waals surface area contributed by atoms with Gasteiger partial charge < -0.3 is 0 Å². The van der Waals surface area contributed by atoms with E-state index in [-0.39, 0.29) is 32.0 Å². The van der Waals surface area contributed by atoms with Gasteiger partial charge in [0.1, 0.15) is 0 Å². The van der Waals surface area contributed by atoms with E-state index in [0.29, 0.717) is 10.4 Å². The minimum Gasteiger partial charge on any atom is -0.278 e. The topological polar surface area (TPSA) is 83.6 Å². The molecule has 0 aliphatic rings. The van der Waals surface area contributed by atoms with Crippen LogP contribution < -0.4 is 9.03 Å². The Labute approximate surface area is 198 Å². The smallest absolute Gasteiger partial charge is 0.278 e. The standard InChI is InChI=1S/C20H18ClF3N2O4S3/c1-14-16(21)8-5-9-19(14)32(27,28)25-17-11-13-31-18(17)10-12-26(15-6-3-2-4-7-15)33(29,30)20(22,23)24/h2-9,11,13,25H,10,12H2,1H3. The largest absolute Gasteiger partial charge is 0.516 e. The molecule has 0 aliphatic carbocycles. The number of nitrogens with one attached hydrogen (secondary N) is 1.